The molecule has 1 saturated carbocycles. The number of hydrogen-bond donors (Lipinski definition) is 1. The van der Waals surface area contributed by atoms with Crippen LogP contribution in [0.2, 0.25) is 0 Å². The molecule has 122 valence electrons. The molecule has 1 aliphatic rings. The van der Waals surface area contributed by atoms with E-state index in [2.05, 4.69) is 4.72 Å². The van der Waals surface area contributed by atoms with Gasteiger partial charge in [-0.15, -0.1) is 0 Å². The molecule has 0 saturated heterocycles. The molecule has 0 aliphatic heterocycles. The minimum Gasteiger partial charge on any atom is -0.214 e. The lowest BCUT2D eigenvalue weighted by atomic mass is 9.96. The number of hydrogen-bond acceptors (Lipinski definition) is 2. The lowest BCUT2D eigenvalue weighted by Crippen LogP contribution is -2.33. The Balaban J connectivity index is 1.65. The lowest BCUT2D eigenvalue weighted by molar-refractivity contribution is 0.565. The Kier molecular flexibility index (Phi) is 4.25. The SMILES string of the molecule is Cc1ccc(CS(=O)(=O)NCC2(c3ccc(F)cc3)CC2)cc1. The van der Waals surface area contributed by atoms with Crippen LogP contribution in [-0.2, 0) is 21.2 Å². The van der Waals surface area contributed by atoms with Crippen LogP contribution in [0.5, 0.6) is 0 Å². The molecule has 0 heterocycles. The van der Waals surface area contributed by atoms with E-state index in [1.807, 2.05) is 31.2 Å². The lowest BCUT2D eigenvalue weighted by Gasteiger charge is -2.17. The maximum atomic E-state index is 13.0. The van der Waals surface area contributed by atoms with E-state index in [4.69, 9.17) is 0 Å². The fraction of sp³-hybridized carbons (Fsp3) is 0.333. The first kappa shape index (κ1) is 16.1. The molecule has 0 aromatic heterocycles. The van der Waals surface area contributed by atoms with Crippen LogP contribution in [0.25, 0.3) is 0 Å². The van der Waals surface area contributed by atoms with Gasteiger partial charge in [0.2, 0.25) is 10.0 Å². The average molecular weight is 333 g/mol. The molecule has 0 radical (unpaired) electrons. The third-order valence-corrected chi connectivity index (χ3v) is 5.72. The Bertz CT molecular complexity index is 779. The molecule has 5 heteroatoms. The van der Waals surface area contributed by atoms with Gasteiger partial charge in [-0.25, -0.2) is 17.5 Å². The van der Waals surface area contributed by atoms with Crippen molar-refractivity contribution in [3.05, 3.63) is 71.0 Å². The molecule has 2 aromatic carbocycles. The molecular formula is C18H20FNO2S. The highest BCUT2D eigenvalue weighted by molar-refractivity contribution is 7.88. The fourth-order valence-corrected chi connectivity index (χ4v) is 3.95. The molecule has 1 N–H and O–H groups in total. The van der Waals surface area contributed by atoms with Gasteiger partial charge in [-0.3, -0.25) is 0 Å². The zero-order valence-electron chi connectivity index (χ0n) is 13.0. The van der Waals surface area contributed by atoms with E-state index < -0.39 is 10.0 Å². The van der Waals surface area contributed by atoms with E-state index >= 15 is 0 Å². The summed E-state index contributed by atoms with van der Waals surface area (Å²) in [7, 11) is -3.38. The van der Waals surface area contributed by atoms with Gasteiger partial charge in [0.15, 0.2) is 0 Å². The van der Waals surface area contributed by atoms with Gasteiger partial charge in [-0.1, -0.05) is 42.0 Å². The van der Waals surface area contributed by atoms with Crippen LogP contribution in [-0.4, -0.2) is 15.0 Å². The molecule has 0 unspecified atom stereocenters. The van der Waals surface area contributed by atoms with Gasteiger partial charge in [0.25, 0.3) is 0 Å². The quantitative estimate of drug-likeness (QED) is 0.882. The summed E-state index contributed by atoms with van der Waals surface area (Å²) in [5.41, 5.74) is 2.70. The van der Waals surface area contributed by atoms with Crippen molar-refractivity contribution in [2.75, 3.05) is 6.54 Å². The summed E-state index contributed by atoms with van der Waals surface area (Å²) in [4.78, 5) is 0. The Labute approximate surface area is 136 Å². The van der Waals surface area contributed by atoms with Crippen LogP contribution in [0.15, 0.2) is 48.5 Å². The molecule has 1 aliphatic carbocycles. The predicted molar refractivity (Wildman–Crippen MR) is 89.1 cm³/mol. The van der Waals surface area contributed by atoms with Crippen molar-refractivity contribution < 1.29 is 12.8 Å². The average Bonchev–Trinajstić information content (AvgIpc) is 3.30. The number of sulfonamides is 1. The number of aryl methyl sites for hydroxylation is 1. The number of benzene rings is 2. The van der Waals surface area contributed by atoms with Crippen molar-refractivity contribution in [1.82, 2.24) is 4.72 Å². The number of halogens is 1. The number of nitrogens with one attached hydrogen (secondary N) is 1. The summed E-state index contributed by atoms with van der Waals surface area (Å²) in [5, 5.41) is 0. The molecular weight excluding hydrogens is 313 g/mol. The van der Waals surface area contributed by atoms with Crippen LogP contribution in [0.4, 0.5) is 4.39 Å². The van der Waals surface area contributed by atoms with Crippen molar-refractivity contribution >= 4 is 10.0 Å². The van der Waals surface area contributed by atoms with Gasteiger partial charge in [0.05, 0.1) is 5.75 Å². The van der Waals surface area contributed by atoms with Crippen LogP contribution >= 0.6 is 0 Å². The molecule has 1 fully saturated rings. The Morgan fingerprint density at radius 1 is 1.04 bits per heavy atom. The fourth-order valence-electron chi connectivity index (χ4n) is 2.72. The second kappa shape index (κ2) is 6.06. The second-order valence-corrected chi connectivity index (χ2v) is 8.16. The first-order valence-corrected chi connectivity index (χ1v) is 9.33. The van der Waals surface area contributed by atoms with E-state index in [0.717, 1.165) is 29.5 Å². The summed E-state index contributed by atoms with van der Waals surface area (Å²) in [6.07, 6.45) is 1.84. The summed E-state index contributed by atoms with van der Waals surface area (Å²) in [5.74, 6) is -0.295. The largest absolute Gasteiger partial charge is 0.215 e. The van der Waals surface area contributed by atoms with Crippen LogP contribution < -0.4 is 4.72 Å². The zero-order chi connectivity index (χ0) is 16.5. The van der Waals surface area contributed by atoms with Crippen molar-refractivity contribution in [2.45, 2.75) is 30.9 Å². The normalized spacial score (nSPS) is 16.3. The Morgan fingerprint density at radius 2 is 1.65 bits per heavy atom. The molecule has 0 amide bonds. The highest BCUT2D eigenvalue weighted by Crippen LogP contribution is 2.47. The summed E-state index contributed by atoms with van der Waals surface area (Å²) in [6, 6.07) is 13.8. The first-order valence-electron chi connectivity index (χ1n) is 7.68. The minimum absolute atomic E-state index is 0.0211. The van der Waals surface area contributed by atoms with E-state index in [1.54, 1.807) is 12.1 Å². The monoisotopic (exact) mass is 333 g/mol. The molecule has 3 rings (SSSR count). The summed E-state index contributed by atoms with van der Waals surface area (Å²) < 4.78 is 40.3. The number of rotatable bonds is 6. The maximum Gasteiger partial charge on any atom is 0.215 e. The summed E-state index contributed by atoms with van der Waals surface area (Å²) >= 11 is 0. The van der Waals surface area contributed by atoms with Gasteiger partial charge in [0.1, 0.15) is 5.82 Å². The van der Waals surface area contributed by atoms with Crippen molar-refractivity contribution in [2.24, 2.45) is 0 Å². The third-order valence-electron chi connectivity index (χ3n) is 4.42. The van der Waals surface area contributed by atoms with Crippen LogP contribution in [0, 0.1) is 12.7 Å². The van der Waals surface area contributed by atoms with Crippen LogP contribution in [0.3, 0.4) is 0 Å². The van der Waals surface area contributed by atoms with Gasteiger partial charge in [-0.2, -0.15) is 0 Å². The maximum absolute atomic E-state index is 13.0. The van der Waals surface area contributed by atoms with E-state index in [-0.39, 0.29) is 17.0 Å². The topological polar surface area (TPSA) is 46.2 Å². The molecule has 0 atom stereocenters. The van der Waals surface area contributed by atoms with Crippen LogP contribution in [0.1, 0.15) is 29.5 Å². The Hall–Kier alpha value is -1.72. The van der Waals surface area contributed by atoms with Gasteiger partial charge < -0.3 is 0 Å². The van der Waals surface area contributed by atoms with E-state index in [1.165, 1.54) is 12.1 Å². The first-order chi connectivity index (χ1) is 10.9. The Morgan fingerprint density at radius 3 is 2.22 bits per heavy atom. The standard InChI is InChI=1S/C18H20FNO2S/c1-14-2-4-15(5-3-14)12-23(21,22)20-13-18(10-11-18)16-6-8-17(19)9-7-16/h2-9,20H,10-13H2,1H3. The van der Waals surface area contributed by atoms with Crippen molar-refractivity contribution in [1.29, 1.82) is 0 Å². The highest BCUT2D eigenvalue weighted by Gasteiger charge is 2.44. The second-order valence-electron chi connectivity index (χ2n) is 6.35. The smallest absolute Gasteiger partial charge is 0.214 e. The van der Waals surface area contributed by atoms with Crippen molar-refractivity contribution in [3.63, 3.8) is 0 Å². The van der Waals surface area contributed by atoms with E-state index in [0.29, 0.717) is 6.54 Å². The van der Waals surface area contributed by atoms with Gasteiger partial charge >= 0.3 is 0 Å². The highest BCUT2D eigenvalue weighted by atomic mass is 32.2. The molecule has 23 heavy (non-hydrogen) atoms. The molecule has 3 nitrogen and oxygen atoms in total. The summed E-state index contributed by atoms with van der Waals surface area (Å²) in [6.45, 7) is 2.34. The van der Waals surface area contributed by atoms with Gasteiger partial charge in [0, 0.05) is 12.0 Å². The van der Waals surface area contributed by atoms with Crippen molar-refractivity contribution in [3.8, 4) is 0 Å². The molecule has 0 spiro atoms. The third kappa shape index (κ3) is 3.98. The minimum atomic E-state index is -3.38. The zero-order valence-corrected chi connectivity index (χ0v) is 13.9. The van der Waals surface area contributed by atoms with E-state index in [9.17, 15) is 12.8 Å². The predicted octanol–water partition coefficient (Wildman–Crippen LogP) is 3.29. The molecule has 2 aromatic rings. The molecule has 0 bridgehead atoms. The van der Waals surface area contributed by atoms with Gasteiger partial charge in [-0.05, 0) is 43.0 Å².